The highest BCUT2D eigenvalue weighted by atomic mass is 16.5. The fourth-order valence-corrected chi connectivity index (χ4v) is 1.73. The maximum atomic E-state index is 12.1. The number of hydrogen-bond acceptors (Lipinski definition) is 2. The Bertz CT molecular complexity index is 405. The summed E-state index contributed by atoms with van der Waals surface area (Å²) < 4.78 is 5.12. The van der Waals surface area contributed by atoms with E-state index in [4.69, 9.17) is 4.74 Å². The third-order valence-corrected chi connectivity index (χ3v) is 3.29. The van der Waals surface area contributed by atoms with E-state index in [0.717, 1.165) is 24.2 Å². The minimum atomic E-state index is -0.491. The van der Waals surface area contributed by atoms with E-state index in [1.165, 1.54) is 0 Å². The molecule has 1 aliphatic rings. The van der Waals surface area contributed by atoms with Crippen molar-refractivity contribution in [3.63, 3.8) is 0 Å². The molecule has 0 saturated heterocycles. The van der Waals surface area contributed by atoms with Crippen LogP contribution in [0.5, 0.6) is 5.75 Å². The Morgan fingerprint density at radius 2 is 1.88 bits per heavy atom. The van der Waals surface area contributed by atoms with Gasteiger partial charge in [-0.05, 0) is 44.4 Å². The molecular formula is C14H19NO2. The Balaban J connectivity index is 2.13. The maximum Gasteiger partial charge on any atom is 0.230 e. The Hall–Kier alpha value is -1.51. The molecule has 0 bridgehead atoms. The second-order valence-corrected chi connectivity index (χ2v) is 5.10. The van der Waals surface area contributed by atoms with Gasteiger partial charge in [0.05, 0.1) is 12.5 Å². The molecule has 1 N–H and O–H groups in total. The van der Waals surface area contributed by atoms with Crippen LogP contribution in [0.15, 0.2) is 24.3 Å². The number of carbonyl (C=O) groups is 1. The van der Waals surface area contributed by atoms with Crippen molar-refractivity contribution in [2.24, 2.45) is 0 Å². The van der Waals surface area contributed by atoms with Gasteiger partial charge in [-0.15, -0.1) is 0 Å². The van der Waals surface area contributed by atoms with Crippen LogP contribution >= 0.6 is 0 Å². The van der Waals surface area contributed by atoms with E-state index < -0.39 is 5.41 Å². The molecule has 0 unspecified atom stereocenters. The molecule has 1 aliphatic carbocycles. The number of carbonyl (C=O) groups excluding carboxylic acids is 1. The summed E-state index contributed by atoms with van der Waals surface area (Å²) in [5, 5.41) is 3.05. The van der Waals surface area contributed by atoms with Crippen molar-refractivity contribution in [1.29, 1.82) is 0 Å². The normalized spacial score (nSPS) is 15.5. The molecule has 1 aromatic carbocycles. The molecular weight excluding hydrogens is 214 g/mol. The summed E-state index contributed by atoms with van der Waals surface area (Å²) in [4.78, 5) is 12.1. The molecule has 17 heavy (non-hydrogen) atoms. The third kappa shape index (κ3) is 2.60. The minimum Gasteiger partial charge on any atom is -0.497 e. The number of amides is 1. The number of benzene rings is 1. The van der Waals surface area contributed by atoms with Crippen molar-refractivity contribution in [2.75, 3.05) is 7.11 Å². The van der Waals surface area contributed by atoms with Crippen molar-refractivity contribution >= 4 is 5.91 Å². The van der Waals surface area contributed by atoms with E-state index in [0.29, 0.717) is 6.04 Å². The fourth-order valence-electron chi connectivity index (χ4n) is 1.73. The van der Waals surface area contributed by atoms with Gasteiger partial charge in [-0.1, -0.05) is 12.1 Å². The summed E-state index contributed by atoms with van der Waals surface area (Å²) in [5.74, 6) is 0.914. The third-order valence-electron chi connectivity index (χ3n) is 3.29. The first-order valence-corrected chi connectivity index (χ1v) is 5.99. The van der Waals surface area contributed by atoms with Crippen LogP contribution in [-0.2, 0) is 10.2 Å². The van der Waals surface area contributed by atoms with Crippen LogP contribution < -0.4 is 10.1 Å². The Kier molecular flexibility index (Phi) is 3.09. The minimum absolute atomic E-state index is 0.102. The van der Waals surface area contributed by atoms with E-state index >= 15 is 0 Å². The summed E-state index contributed by atoms with van der Waals surface area (Å²) in [5.41, 5.74) is 0.519. The average Bonchev–Trinajstić information content (AvgIpc) is 3.13. The molecule has 3 nitrogen and oxygen atoms in total. The molecule has 0 spiro atoms. The lowest BCUT2D eigenvalue weighted by atomic mass is 9.83. The molecule has 0 aromatic heterocycles. The van der Waals surface area contributed by atoms with Gasteiger partial charge in [-0.3, -0.25) is 4.79 Å². The number of methoxy groups -OCH3 is 1. The summed E-state index contributed by atoms with van der Waals surface area (Å²) >= 11 is 0. The van der Waals surface area contributed by atoms with Crippen LogP contribution in [0.3, 0.4) is 0 Å². The molecule has 0 aliphatic heterocycles. The summed E-state index contributed by atoms with van der Waals surface area (Å²) in [7, 11) is 1.64. The number of rotatable bonds is 4. The molecule has 92 valence electrons. The van der Waals surface area contributed by atoms with Crippen LogP contribution in [-0.4, -0.2) is 19.1 Å². The average molecular weight is 233 g/mol. The smallest absolute Gasteiger partial charge is 0.230 e. The van der Waals surface area contributed by atoms with Gasteiger partial charge in [0.2, 0.25) is 5.91 Å². The molecule has 0 radical (unpaired) electrons. The first-order chi connectivity index (χ1) is 8.04. The highest BCUT2D eigenvalue weighted by Crippen LogP contribution is 2.27. The van der Waals surface area contributed by atoms with Crippen molar-refractivity contribution in [3.05, 3.63) is 29.8 Å². The second kappa shape index (κ2) is 4.40. The van der Waals surface area contributed by atoms with Crippen LogP contribution in [0.4, 0.5) is 0 Å². The number of ether oxygens (including phenoxy) is 1. The topological polar surface area (TPSA) is 38.3 Å². The van der Waals surface area contributed by atoms with Gasteiger partial charge in [-0.2, -0.15) is 0 Å². The summed E-state index contributed by atoms with van der Waals surface area (Å²) in [6, 6.07) is 8.08. The van der Waals surface area contributed by atoms with Crippen LogP contribution in [0.2, 0.25) is 0 Å². The fraction of sp³-hybridized carbons (Fsp3) is 0.500. The largest absolute Gasteiger partial charge is 0.497 e. The van der Waals surface area contributed by atoms with Crippen LogP contribution in [0.25, 0.3) is 0 Å². The maximum absolute atomic E-state index is 12.1. The summed E-state index contributed by atoms with van der Waals surface area (Å²) in [6.07, 6.45) is 2.23. The SMILES string of the molecule is COc1ccc(C(C)(C)C(=O)NC2CC2)cc1. The highest BCUT2D eigenvalue weighted by Gasteiger charge is 2.33. The zero-order valence-corrected chi connectivity index (χ0v) is 10.6. The van der Waals surface area contributed by atoms with Gasteiger partial charge in [0, 0.05) is 6.04 Å². The molecule has 1 amide bonds. The standard InChI is InChI=1S/C14H19NO2/c1-14(2,13(16)15-11-6-7-11)10-4-8-12(17-3)9-5-10/h4-5,8-9,11H,6-7H2,1-3H3,(H,15,16). The zero-order chi connectivity index (χ0) is 12.5. The number of hydrogen-bond donors (Lipinski definition) is 1. The first kappa shape index (κ1) is 12.0. The quantitative estimate of drug-likeness (QED) is 0.866. The zero-order valence-electron chi connectivity index (χ0n) is 10.6. The Labute approximate surface area is 102 Å². The van der Waals surface area contributed by atoms with Crippen LogP contribution in [0.1, 0.15) is 32.3 Å². The van der Waals surface area contributed by atoms with E-state index in [-0.39, 0.29) is 5.91 Å². The first-order valence-electron chi connectivity index (χ1n) is 5.99. The lowest BCUT2D eigenvalue weighted by molar-refractivity contribution is -0.125. The van der Waals surface area contributed by atoms with E-state index in [1.54, 1.807) is 7.11 Å². The van der Waals surface area contributed by atoms with Gasteiger partial charge >= 0.3 is 0 Å². The van der Waals surface area contributed by atoms with Gasteiger partial charge in [0.25, 0.3) is 0 Å². The predicted octanol–water partition coefficient (Wildman–Crippen LogP) is 2.25. The molecule has 2 rings (SSSR count). The van der Waals surface area contributed by atoms with E-state index in [9.17, 15) is 4.79 Å². The van der Waals surface area contributed by atoms with Crippen molar-refractivity contribution in [3.8, 4) is 5.75 Å². The second-order valence-electron chi connectivity index (χ2n) is 5.10. The van der Waals surface area contributed by atoms with Crippen molar-refractivity contribution < 1.29 is 9.53 Å². The molecule has 1 fully saturated rings. The van der Waals surface area contributed by atoms with Crippen LogP contribution in [0, 0.1) is 0 Å². The monoisotopic (exact) mass is 233 g/mol. The molecule has 0 atom stereocenters. The van der Waals surface area contributed by atoms with Gasteiger partial charge < -0.3 is 10.1 Å². The molecule has 1 saturated carbocycles. The molecule has 1 aromatic rings. The van der Waals surface area contributed by atoms with Gasteiger partial charge in [0.1, 0.15) is 5.75 Å². The lowest BCUT2D eigenvalue weighted by Gasteiger charge is -2.24. The summed E-state index contributed by atoms with van der Waals surface area (Å²) in [6.45, 7) is 3.90. The highest BCUT2D eigenvalue weighted by molar-refractivity contribution is 5.87. The predicted molar refractivity (Wildman–Crippen MR) is 67.2 cm³/mol. The molecule has 3 heteroatoms. The van der Waals surface area contributed by atoms with Gasteiger partial charge in [-0.25, -0.2) is 0 Å². The number of nitrogens with one attached hydrogen (secondary N) is 1. The molecule has 0 heterocycles. The van der Waals surface area contributed by atoms with E-state index in [1.807, 2.05) is 38.1 Å². The lowest BCUT2D eigenvalue weighted by Crippen LogP contribution is -2.41. The van der Waals surface area contributed by atoms with Crippen molar-refractivity contribution in [1.82, 2.24) is 5.32 Å². The Morgan fingerprint density at radius 1 is 1.29 bits per heavy atom. The van der Waals surface area contributed by atoms with Gasteiger partial charge in [0.15, 0.2) is 0 Å². The van der Waals surface area contributed by atoms with Crippen molar-refractivity contribution in [2.45, 2.75) is 38.1 Å². The van der Waals surface area contributed by atoms with E-state index in [2.05, 4.69) is 5.32 Å². The Morgan fingerprint density at radius 3 is 2.35 bits per heavy atom.